The summed E-state index contributed by atoms with van der Waals surface area (Å²) in [4.78, 5) is 38.6. The maximum Gasteiger partial charge on any atom is 0.335 e. The Morgan fingerprint density at radius 2 is 1.63 bits per heavy atom. The number of rotatable bonds is 6. The quantitative estimate of drug-likeness (QED) is 0.597. The Morgan fingerprint density at radius 1 is 0.967 bits per heavy atom. The predicted octanol–water partition coefficient (Wildman–Crippen LogP) is 4.40. The van der Waals surface area contributed by atoms with Crippen LogP contribution in [0.25, 0.3) is 10.8 Å². The molecule has 0 bridgehead atoms. The minimum Gasteiger partial charge on any atom is -0.478 e. The number of benzene rings is 3. The van der Waals surface area contributed by atoms with E-state index in [9.17, 15) is 14.4 Å². The third kappa shape index (κ3) is 3.41. The third-order valence-corrected chi connectivity index (χ3v) is 5.23. The van der Waals surface area contributed by atoms with Gasteiger partial charge in [-0.1, -0.05) is 38.1 Å². The molecule has 6 heteroatoms. The van der Waals surface area contributed by atoms with Gasteiger partial charge in [-0.15, -0.1) is 0 Å². The van der Waals surface area contributed by atoms with Gasteiger partial charge in [-0.2, -0.15) is 0 Å². The molecule has 0 spiro atoms. The molecule has 3 aromatic carbocycles. The molecule has 0 saturated carbocycles. The minimum atomic E-state index is -1.02. The van der Waals surface area contributed by atoms with E-state index < -0.39 is 5.97 Å². The van der Waals surface area contributed by atoms with Gasteiger partial charge in [0.15, 0.2) is 0 Å². The summed E-state index contributed by atoms with van der Waals surface area (Å²) in [6.45, 7) is 5.11. The first kappa shape index (κ1) is 19.6. The van der Waals surface area contributed by atoms with Gasteiger partial charge in [0.2, 0.25) is 0 Å². The second-order valence-corrected chi connectivity index (χ2v) is 7.86. The fourth-order valence-corrected chi connectivity index (χ4v) is 3.69. The lowest BCUT2D eigenvalue weighted by Crippen LogP contribution is -2.39. The Bertz CT molecular complexity index is 1140. The van der Waals surface area contributed by atoms with Crippen molar-refractivity contribution in [2.24, 2.45) is 5.92 Å². The molecule has 3 aromatic rings. The molecule has 152 valence electrons. The molecular formula is C24H22N2O4. The zero-order valence-corrected chi connectivity index (χ0v) is 16.8. The molecule has 0 saturated heterocycles. The van der Waals surface area contributed by atoms with Crippen molar-refractivity contribution in [2.75, 3.05) is 11.9 Å². The van der Waals surface area contributed by atoms with E-state index in [0.29, 0.717) is 28.0 Å². The van der Waals surface area contributed by atoms with E-state index in [2.05, 4.69) is 19.2 Å². The first-order valence-corrected chi connectivity index (χ1v) is 9.85. The highest BCUT2D eigenvalue weighted by Crippen LogP contribution is 2.35. The number of aromatic carboxylic acids is 1. The Hall–Kier alpha value is -3.67. The van der Waals surface area contributed by atoms with Gasteiger partial charge in [-0.3, -0.25) is 14.5 Å². The Kier molecular flexibility index (Phi) is 4.99. The van der Waals surface area contributed by atoms with E-state index in [4.69, 9.17) is 5.11 Å². The predicted molar refractivity (Wildman–Crippen MR) is 115 cm³/mol. The standard InChI is InChI=1S/C24H22N2O4/c1-14(2)12-25-20-11-10-19-21-17(20)4-3-5-18(21)22(27)26(23(19)28)13-15-6-8-16(9-7-15)24(29)30/h3-11,14,25H,12-13H2,1-2H3,(H,29,30). The maximum absolute atomic E-state index is 13.2. The van der Waals surface area contributed by atoms with Crippen LogP contribution < -0.4 is 5.32 Å². The zero-order valence-electron chi connectivity index (χ0n) is 16.8. The maximum atomic E-state index is 13.2. The van der Waals surface area contributed by atoms with Crippen molar-refractivity contribution >= 4 is 34.2 Å². The molecule has 0 atom stereocenters. The van der Waals surface area contributed by atoms with Crippen molar-refractivity contribution in [3.05, 3.63) is 76.9 Å². The third-order valence-electron chi connectivity index (χ3n) is 5.23. The van der Waals surface area contributed by atoms with Crippen molar-refractivity contribution in [1.29, 1.82) is 0 Å². The molecular weight excluding hydrogens is 380 g/mol. The van der Waals surface area contributed by atoms with Crippen molar-refractivity contribution < 1.29 is 19.5 Å². The van der Waals surface area contributed by atoms with Crippen molar-refractivity contribution in [2.45, 2.75) is 20.4 Å². The van der Waals surface area contributed by atoms with Crippen LogP contribution in [0.15, 0.2) is 54.6 Å². The van der Waals surface area contributed by atoms with E-state index >= 15 is 0 Å². The van der Waals surface area contributed by atoms with Crippen LogP contribution in [0.2, 0.25) is 0 Å². The molecule has 1 aliphatic rings. The van der Waals surface area contributed by atoms with Crippen LogP contribution >= 0.6 is 0 Å². The van der Waals surface area contributed by atoms with Gasteiger partial charge < -0.3 is 10.4 Å². The summed E-state index contributed by atoms with van der Waals surface area (Å²) < 4.78 is 0. The summed E-state index contributed by atoms with van der Waals surface area (Å²) in [6, 6.07) is 15.3. The molecule has 0 fully saturated rings. The summed E-state index contributed by atoms with van der Waals surface area (Å²) in [7, 11) is 0. The number of carbonyl (C=O) groups excluding carboxylic acids is 2. The molecule has 6 nitrogen and oxygen atoms in total. The van der Waals surface area contributed by atoms with Crippen molar-refractivity contribution in [1.82, 2.24) is 4.90 Å². The van der Waals surface area contributed by atoms with Gasteiger partial charge in [0.05, 0.1) is 12.1 Å². The van der Waals surface area contributed by atoms with Gasteiger partial charge in [-0.25, -0.2) is 4.79 Å². The second-order valence-electron chi connectivity index (χ2n) is 7.86. The van der Waals surface area contributed by atoms with Crippen LogP contribution in [0.3, 0.4) is 0 Å². The second kappa shape index (κ2) is 7.63. The van der Waals surface area contributed by atoms with E-state index in [0.717, 1.165) is 17.6 Å². The van der Waals surface area contributed by atoms with Crippen LogP contribution in [0.1, 0.15) is 50.5 Å². The monoisotopic (exact) mass is 402 g/mol. The van der Waals surface area contributed by atoms with Crippen LogP contribution in [0.5, 0.6) is 0 Å². The van der Waals surface area contributed by atoms with E-state index in [1.54, 1.807) is 24.3 Å². The number of anilines is 1. The highest BCUT2D eigenvalue weighted by Gasteiger charge is 2.33. The minimum absolute atomic E-state index is 0.0841. The topological polar surface area (TPSA) is 86.7 Å². The fourth-order valence-electron chi connectivity index (χ4n) is 3.69. The average Bonchev–Trinajstić information content (AvgIpc) is 2.73. The van der Waals surface area contributed by atoms with Gasteiger partial charge in [-0.05, 0) is 41.8 Å². The van der Waals surface area contributed by atoms with Crippen molar-refractivity contribution in [3.8, 4) is 0 Å². The van der Waals surface area contributed by atoms with Gasteiger partial charge in [0, 0.05) is 34.1 Å². The number of carbonyl (C=O) groups is 3. The van der Waals surface area contributed by atoms with Crippen LogP contribution in [-0.4, -0.2) is 34.3 Å². The smallest absolute Gasteiger partial charge is 0.335 e. The molecule has 30 heavy (non-hydrogen) atoms. The molecule has 0 aliphatic carbocycles. The lowest BCUT2D eigenvalue weighted by molar-refractivity contribution is 0.0596. The zero-order chi connectivity index (χ0) is 21.4. The first-order valence-electron chi connectivity index (χ1n) is 9.85. The summed E-state index contributed by atoms with van der Waals surface area (Å²) in [5.74, 6) is -1.25. The summed E-state index contributed by atoms with van der Waals surface area (Å²) in [5.41, 5.74) is 2.75. The number of hydrogen-bond donors (Lipinski definition) is 2. The fraction of sp³-hybridized carbons (Fsp3) is 0.208. The summed E-state index contributed by atoms with van der Waals surface area (Å²) in [5, 5.41) is 14.0. The number of nitrogens with one attached hydrogen (secondary N) is 1. The number of nitrogens with zero attached hydrogens (tertiary/aromatic N) is 1. The normalized spacial score (nSPS) is 13.2. The lowest BCUT2D eigenvalue weighted by Gasteiger charge is -2.28. The molecule has 0 radical (unpaired) electrons. The Morgan fingerprint density at radius 3 is 2.27 bits per heavy atom. The summed E-state index contributed by atoms with van der Waals surface area (Å²) in [6.07, 6.45) is 0. The number of carboxylic acid groups (broad SMARTS) is 1. The van der Waals surface area contributed by atoms with Gasteiger partial charge >= 0.3 is 5.97 Å². The Labute approximate surface area is 174 Å². The van der Waals surface area contributed by atoms with E-state index in [1.165, 1.54) is 17.0 Å². The van der Waals surface area contributed by atoms with E-state index in [1.807, 2.05) is 18.2 Å². The molecule has 4 rings (SSSR count). The van der Waals surface area contributed by atoms with Crippen LogP contribution in [0.4, 0.5) is 5.69 Å². The Balaban J connectivity index is 1.71. The first-order chi connectivity index (χ1) is 14.4. The number of carboxylic acids is 1. The lowest BCUT2D eigenvalue weighted by atomic mass is 9.92. The molecule has 1 aliphatic heterocycles. The van der Waals surface area contributed by atoms with Crippen LogP contribution in [-0.2, 0) is 6.54 Å². The number of hydrogen-bond acceptors (Lipinski definition) is 4. The average molecular weight is 402 g/mol. The van der Waals surface area contributed by atoms with Gasteiger partial charge in [0.1, 0.15) is 0 Å². The number of imide groups is 1. The SMILES string of the molecule is CC(C)CNc1ccc2c3c(cccc13)C(=O)N(Cc1ccc(C(=O)O)cc1)C2=O. The van der Waals surface area contributed by atoms with Crippen molar-refractivity contribution in [3.63, 3.8) is 0 Å². The molecule has 0 aromatic heterocycles. The molecule has 1 heterocycles. The molecule has 2 amide bonds. The highest BCUT2D eigenvalue weighted by atomic mass is 16.4. The highest BCUT2D eigenvalue weighted by molar-refractivity contribution is 6.26. The largest absolute Gasteiger partial charge is 0.478 e. The summed E-state index contributed by atoms with van der Waals surface area (Å²) >= 11 is 0. The van der Waals surface area contributed by atoms with E-state index in [-0.39, 0.29) is 23.9 Å². The molecule has 0 unspecified atom stereocenters. The van der Waals surface area contributed by atoms with Gasteiger partial charge in [0.25, 0.3) is 11.8 Å². The molecule has 2 N–H and O–H groups in total. The van der Waals surface area contributed by atoms with Crippen LogP contribution in [0, 0.1) is 5.92 Å². The number of amides is 2.